The van der Waals surface area contributed by atoms with Crippen LogP contribution in [-0.2, 0) is 29.2 Å². The number of aryl methyl sites for hydroxylation is 1. The molecule has 3 aromatic rings. The molecule has 0 bridgehead atoms. The summed E-state index contributed by atoms with van der Waals surface area (Å²) < 4.78 is 16.5. The highest BCUT2D eigenvalue weighted by Crippen LogP contribution is 2.38. The van der Waals surface area contributed by atoms with E-state index in [1.807, 2.05) is 0 Å². The number of imidazole rings is 1. The van der Waals surface area contributed by atoms with Crippen molar-refractivity contribution in [2.24, 2.45) is 7.05 Å². The Morgan fingerprint density at radius 3 is 2.27 bits per heavy atom. The van der Waals surface area contributed by atoms with Crippen LogP contribution in [0.3, 0.4) is 0 Å². The fraction of sp³-hybridized carbons (Fsp3) is 0.536. The Balaban J connectivity index is 0.00000385. The van der Waals surface area contributed by atoms with Crippen LogP contribution in [0.1, 0.15) is 65.5 Å². The van der Waals surface area contributed by atoms with E-state index < -0.39 is 0 Å². The average molecular weight is 518 g/mol. The Morgan fingerprint density at radius 1 is 0.879 bits per heavy atom. The molecule has 0 unspecified atom stereocenters. The zero-order valence-corrected chi connectivity index (χ0v) is 23.0. The zero-order valence-electron chi connectivity index (χ0n) is 21.5. The van der Waals surface area contributed by atoms with Crippen molar-refractivity contribution >= 4 is 11.0 Å². The zero-order chi connectivity index (χ0) is 23.4. The molecule has 33 heavy (non-hydrogen) atoms. The molecule has 1 heterocycles. The van der Waals surface area contributed by atoms with Gasteiger partial charge in [0.1, 0.15) is 18.9 Å². The first-order valence-corrected chi connectivity index (χ1v) is 12.0. The third-order valence-electron chi connectivity index (χ3n) is 7.10. The third kappa shape index (κ3) is 6.39. The van der Waals surface area contributed by atoms with Crippen molar-refractivity contribution in [3.63, 3.8) is 0 Å². The van der Waals surface area contributed by atoms with Crippen molar-refractivity contribution in [2.75, 3.05) is 19.8 Å². The first kappa shape index (κ1) is 27.4. The number of benzene rings is 2. The smallest absolute Gasteiger partial charge is 0.244 e. The Labute approximate surface area is 210 Å². The molecule has 3 rings (SSSR count). The minimum Gasteiger partial charge on any atom is -1.00 e. The van der Waals surface area contributed by atoms with Gasteiger partial charge in [-0.25, -0.2) is 9.13 Å². The number of nitrogens with zero attached hydrogens (tertiary/aromatic N) is 2. The van der Waals surface area contributed by atoms with Gasteiger partial charge in [0, 0.05) is 5.56 Å². The van der Waals surface area contributed by atoms with Crippen LogP contribution < -0.4 is 26.3 Å². The Hall–Kier alpha value is -1.85. The van der Waals surface area contributed by atoms with Crippen molar-refractivity contribution in [1.82, 2.24) is 4.57 Å². The highest BCUT2D eigenvalue weighted by molar-refractivity contribution is 5.71. The molecule has 0 fully saturated rings. The Morgan fingerprint density at radius 2 is 1.58 bits per heavy atom. The molecule has 0 spiro atoms. The number of ether oxygens (including phenoxy) is 2. The van der Waals surface area contributed by atoms with Crippen molar-refractivity contribution in [3.8, 4) is 5.75 Å². The molecule has 1 aromatic heterocycles. The lowest BCUT2D eigenvalue weighted by Crippen LogP contribution is -3.00. The summed E-state index contributed by atoms with van der Waals surface area (Å²) in [6.45, 7) is 16.4. The van der Waals surface area contributed by atoms with Crippen LogP contribution >= 0.6 is 0 Å². The van der Waals surface area contributed by atoms with Crippen molar-refractivity contribution in [2.45, 2.75) is 71.8 Å². The quantitative estimate of drug-likeness (QED) is 0.289. The van der Waals surface area contributed by atoms with Crippen molar-refractivity contribution in [1.29, 1.82) is 0 Å². The van der Waals surface area contributed by atoms with Crippen molar-refractivity contribution in [3.05, 3.63) is 59.9 Å². The van der Waals surface area contributed by atoms with Gasteiger partial charge in [-0.2, -0.15) is 0 Å². The van der Waals surface area contributed by atoms with Gasteiger partial charge in [-0.15, -0.1) is 0 Å². The maximum atomic E-state index is 6.22. The molecular formula is C28H41BrN2O2. The van der Waals surface area contributed by atoms with E-state index in [9.17, 15) is 0 Å². The Kier molecular flexibility index (Phi) is 9.57. The fourth-order valence-corrected chi connectivity index (χ4v) is 3.99. The van der Waals surface area contributed by atoms with Gasteiger partial charge < -0.3 is 26.5 Å². The summed E-state index contributed by atoms with van der Waals surface area (Å²) in [6, 6.07) is 15.2. The molecule has 0 atom stereocenters. The second kappa shape index (κ2) is 11.5. The highest BCUT2D eigenvalue weighted by Gasteiger charge is 2.26. The molecule has 4 nitrogen and oxygen atoms in total. The van der Waals surface area contributed by atoms with Crippen LogP contribution in [0.25, 0.3) is 11.0 Å². The Bertz CT molecular complexity index is 1040. The van der Waals surface area contributed by atoms with Crippen molar-refractivity contribution < 1.29 is 31.0 Å². The molecule has 2 aromatic carbocycles. The predicted molar refractivity (Wildman–Crippen MR) is 133 cm³/mol. The number of aromatic nitrogens is 2. The summed E-state index contributed by atoms with van der Waals surface area (Å²) in [7, 11) is 2.08. The summed E-state index contributed by atoms with van der Waals surface area (Å²) >= 11 is 0. The van der Waals surface area contributed by atoms with Crippen LogP contribution in [0.2, 0.25) is 0 Å². The molecule has 0 N–H and O–H groups in total. The van der Waals surface area contributed by atoms with E-state index in [4.69, 9.17) is 9.47 Å². The van der Waals surface area contributed by atoms with E-state index in [0.717, 1.165) is 25.1 Å². The van der Waals surface area contributed by atoms with E-state index in [1.165, 1.54) is 22.2 Å². The maximum absolute atomic E-state index is 6.22. The van der Waals surface area contributed by atoms with Crippen LogP contribution in [0.5, 0.6) is 5.75 Å². The third-order valence-corrected chi connectivity index (χ3v) is 7.10. The summed E-state index contributed by atoms with van der Waals surface area (Å²) in [5.41, 5.74) is 5.38. The van der Waals surface area contributed by atoms with Crippen LogP contribution in [0.4, 0.5) is 0 Å². The molecule has 0 radical (unpaired) electrons. The van der Waals surface area contributed by atoms with Gasteiger partial charge in [-0.05, 0) is 47.4 Å². The molecule has 182 valence electrons. The summed E-state index contributed by atoms with van der Waals surface area (Å²) in [5, 5.41) is 0. The number of hydrogen-bond donors (Lipinski definition) is 0. The SMILES string of the molecule is CCC(C)(C)c1ccc(OCCOCCn2c[n+](C)c3ccccc32)c(C(C)(C)CC)c1.[Br-]. The lowest BCUT2D eigenvalue weighted by atomic mass is 9.76. The van der Waals surface area contributed by atoms with Gasteiger partial charge in [0.15, 0.2) is 11.0 Å². The van der Waals surface area contributed by atoms with Gasteiger partial charge in [-0.1, -0.05) is 65.8 Å². The lowest BCUT2D eigenvalue weighted by molar-refractivity contribution is -0.645. The first-order valence-electron chi connectivity index (χ1n) is 12.0. The molecule has 0 aliphatic carbocycles. The molecule has 0 aliphatic rings. The second-order valence-electron chi connectivity index (χ2n) is 10.1. The molecular weight excluding hydrogens is 476 g/mol. The van der Waals surface area contributed by atoms with E-state index in [1.54, 1.807) is 0 Å². The normalized spacial score (nSPS) is 12.1. The van der Waals surface area contributed by atoms with E-state index in [-0.39, 0.29) is 27.8 Å². The standard InChI is InChI=1S/C28H41N2O2.BrH/c1-8-27(3,4)22-14-15-26(23(20-22)28(5,6)9-2)32-19-18-31-17-16-30-21-29(7)24-12-10-11-13-25(24)30;/h10-15,20-21H,8-9,16-19H2,1-7H3;1H/q+1;/p-1. The van der Waals surface area contributed by atoms with Gasteiger partial charge >= 0.3 is 0 Å². The largest absolute Gasteiger partial charge is 1.00 e. The number of rotatable bonds is 11. The molecule has 0 saturated heterocycles. The van der Waals surface area contributed by atoms with Gasteiger partial charge in [0.25, 0.3) is 0 Å². The van der Waals surface area contributed by atoms with E-state index in [0.29, 0.717) is 19.8 Å². The minimum absolute atomic E-state index is 0. The minimum atomic E-state index is 0. The summed E-state index contributed by atoms with van der Waals surface area (Å²) in [6.07, 6.45) is 4.31. The van der Waals surface area contributed by atoms with Gasteiger partial charge in [0.2, 0.25) is 6.33 Å². The monoisotopic (exact) mass is 516 g/mol. The van der Waals surface area contributed by atoms with Crippen LogP contribution in [0.15, 0.2) is 48.8 Å². The number of halogens is 1. The topological polar surface area (TPSA) is 27.3 Å². The molecule has 0 saturated carbocycles. The van der Waals surface area contributed by atoms with E-state index >= 15 is 0 Å². The molecule has 0 aliphatic heterocycles. The highest BCUT2D eigenvalue weighted by atomic mass is 79.9. The maximum Gasteiger partial charge on any atom is 0.244 e. The predicted octanol–water partition coefficient (Wildman–Crippen LogP) is 2.94. The van der Waals surface area contributed by atoms with Crippen LogP contribution in [0, 0.1) is 0 Å². The molecule has 5 heteroatoms. The van der Waals surface area contributed by atoms with Gasteiger partial charge in [-0.3, -0.25) is 0 Å². The average Bonchev–Trinajstić information content (AvgIpc) is 3.11. The van der Waals surface area contributed by atoms with E-state index in [2.05, 4.69) is 107 Å². The summed E-state index contributed by atoms with van der Waals surface area (Å²) in [5.74, 6) is 0.986. The second-order valence-corrected chi connectivity index (χ2v) is 10.1. The first-order chi connectivity index (χ1) is 15.2. The fourth-order valence-electron chi connectivity index (χ4n) is 3.99. The summed E-state index contributed by atoms with van der Waals surface area (Å²) in [4.78, 5) is 0. The van der Waals surface area contributed by atoms with Gasteiger partial charge in [0.05, 0.1) is 20.3 Å². The van der Waals surface area contributed by atoms with Crippen LogP contribution in [-0.4, -0.2) is 24.4 Å². The number of fused-ring (bicyclic) bond motifs is 1. The number of para-hydroxylation sites is 2. The number of hydrogen-bond acceptors (Lipinski definition) is 2. The molecule has 0 amide bonds. The lowest BCUT2D eigenvalue weighted by Gasteiger charge is -2.30.